The van der Waals surface area contributed by atoms with Gasteiger partial charge in [-0.2, -0.15) is 0 Å². The summed E-state index contributed by atoms with van der Waals surface area (Å²) in [6, 6.07) is 3.44. The average molecular weight is 298 g/mol. The van der Waals surface area contributed by atoms with Crippen molar-refractivity contribution in [2.75, 3.05) is 52.0 Å². The molecule has 1 heterocycles. The van der Waals surface area contributed by atoms with Crippen molar-refractivity contribution < 1.29 is 18.9 Å². The predicted octanol–water partition coefficient (Wildman–Crippen LogP) is 1.89. The van der Waals surface area contributed by atoms with Crippen LogP contribution in [0, 0.1) is 0 Å². The lowest BCUT2D eigenvalue weighted by Gasteiger charge is -2.08. The molecule has 0 aliphatic heterocycles. The largest absolute Gasteiger partial charge is 0.491 e. The Kier molecular flexibility index (Phi) is 10.4. The summed E-state index contributed by atoms with van der Waals surface area (Å²) in [5.74, 6) is 1.15. The SMILES string of the molecule is CCCCOCCOCCOCCOc1ccnc(N)c1. The molecule has 0 amide bonds. The first-order valence-electron chi connectivity index (χ1n) is 7.40. The van der Waals surface area contributed by atoms with Gasteiger partial charge in [0.1, 0.15) is 18.2 Å². The maximum Gasteiger partial charge on any atom is 0.126 e. The number of anilines is 1. The molecule has 1 rings (SSSR count). The molecule has 6 nitrogen and oxygen atoms in total. The molecule has 0 aromatic carbocycles. The second-order valence-electron chi connectivity index (χ2n) is 4.46. The third-order valence-corrected chi connectivity index (χ3v) is 2.64. The maximum absolute atomic E-state index is 5.55. The molecule has 0 aliphatic rings. The smallest absolute Gasteiger partial charge is 0.126 e. The zero-order valence-corrected chi connectivity index (χ0v) is 12.8. The number of hydrogen-bond acceptors (Lipinski definition) is 6. The van der Waals surface area contributed by atoms with E-state index < -0.39 is 0 Å². The van der Waals surface area contributed by atoms with E-state index in [4.69, 9.17) is 24.7 Å². The fraction of sp³-hybridized carbons (Fsp3) is 0.667. The lowest BCUT2D eigenvalue weighted by atomic mass is 10.4. The molecule has 0 fully saturated rings. The zero-order chi connectivity index (χ0) is 15.2. The predicted molar refractivity (Wildman–Crippen MR) is 81.5 cm³/mol. The van der Waals surface area contributed by atoms with Gasteiger partial charge in [-0.3, -0.25) is 0 Å². The minimum Gasteiger partial charge on any atom is -0.491 e. The summed E-state index contributed by atoms with van der Waals surface area (Å²) in [5, 5.41) is 0. The molecule has 0 radical (unpaired) electrons. The van der Waals surface area contributed by atoms with Gasteiger partial charge in [0.15, 0.2) is 0 Å². The van der Waals surface area contributed by atoms with Crippen molar-refractivity contribution in [2.24, 2.45) is 0 Å². The first-order valence-corrected chi connectivity index (χ1v) is 7.40. The minimum absolute atomic E-state index is 0.447. The van der Waals surface area contributed by atoms with Crippen LogP contribution in [-0.4, -0.2) is 51.2 Å². The molecular weight excluding hydrogens is 272 g/mol. The molecule has 0 aliphatic carbocycles. The van der Waals surface area contributed by atoms with E-state index in [1.54, 1.807) is 18.3 Å². The van der Waals surface area contributed by atoms with Crippen molar-refractivity contribution in [3.8, 4) is 5.75 Å². The van der Waals surface area contributed by atoms with Crippen molar-refractivity contribution >= 4 is 5.82 Å². The van der Waals surface area contributed by atoms with E-state index in [1.807, 2.05) is 0 Å². The number of nitrogens with zero attached hydrogens (tertiary/aromatic N) is 1. The topological polar surface area (TPSA) is 75.8 Å². The first-order chi connectivity index (χ1) is 10.3. The van der Waals surface area contributed by atoms with Gasteiger partial charge < -0.3 is 24.7 Å². The third kappa shape index (κ3) is 10.1. The highest BCUT2D eigenvalue weighted by molar-refractivity contribution is 5.35. The van der Waals surface area contributed by atoms with Crippen LogP contribution in [0.25, 0.3) is 0 Å². The Morgan fingerprint density at radius 3 is 2.19 bits per heavy atom. The zero-order valence-electron chi connectivity index (χ0n) is 12.8. The van der Waals surface area contributed by atoms with Gasteiger partial charge in [0.25, 0.3) is 0 Å². The van der Waals surface area contributed by atoms with Gasteiger partial charge in [0.2, 0.25) is 0 Å². The number of nitrogens with two attached hydrogens (primary N) is 1. The highest BCUT2D eigenvalue weighted by atomic mass is 16.6. The summed E-state index contributed by atoms with van der Waals surface area (Å²) in [5.41, 5.74) is 5.55. The molecule has 0 spiro atoms. The molecule has 1 aromatic rings. The van der Waals surface area contributed by atoms with E-state index in [1.165, 1.54) is 0 Å². The minimum atomic E-state index is 0.447. The summed E-state index contributed by atoms with van der Waals surface area (Å²) in [4.78, 5) is 3.89. The Balaban J connectivity index is 1.82. The van der Waals surface area contributed by atoms with Gasteiger partial charge in [-0.1, -0.05) is 13.3 Å². The van der Waals surface area contributed by atoms with Crippen molar-refractivity contribution in [1.29, 1.82) is 0 Å². The Labute approximate surface area is 126 Å². The van der Waals surface area contributed by atoms with Gasteiger partial charge in [0.05, 0.1) is 33.0 Å². The molecule has 2 N–H and O–H groups in total. The monoisotopic (exact) mass is 298 g/mol. The molecule has 0 saturated carbocycles. The van der Waals surface area contributed by atoms with Crippen LogP contribution in [0.1, 0.15) is 19.8 Å². The summed E-state index contributed by atoms with van der Waals surface area (Å²) >= 11 is 0. The van der Waals surface area contributed by atoms with Crippen molar-refractivity contribution in [3.05, 3.63) is 18.3 Å². The van der Waals surface area contributed by atoms with Crippen LogP contribution in [0.2, 0.25) is 0 Å². The Bertz CT molecular complexity index is 363. The van der Waals surface area contributed by atoms with Gasteiger partial charge in [-0.05, 0) is 12.5 Å². The molecule has 0 unspecified atom stereocenters. The summed E-state index contributed by atoms with van der Waals surface area (Å²) < 4.78 is 21.6. The highest BCUT2D eigenvalue weighted by Crippen LogP contribution is 2.11. The number of pyridine rings is 1. The molecular formula is C15H26N2O4. The summed E-state index contributed by atoms with van der Waals surface area (Å²) in [6.45, 7) is 6.32. The van der Waals surface area contributed by atoms with E-state index in [0.717, 1.165) is 19.4 Å². The Morgan fingerprint density at radius 1 is 0.952 bits per heavy atom. The fourth-order valence-electron chi connectivity index (χ4n) is 1.52. The normalized spacial score (nSPS) is 10.7. The van der Waals surface area contributed by atoms with Crippen LogP contribution < -0.4 is 10.5 Å². The quantitative estimate of drug-likeness (QED) is 0.560. The molecule has 0 saturated heterocycles. The lowest BCUT2D eigenvalue weighted by Crippen LogP contribution is -2.13. The first kappa shape index (κ1) is 17.7. The van der Waals surface area contributed by atoms with Crippen LogP contribution in [0.4, 0.5) is 5.82 Å². The van der Waals surface area contributed by atoms with Crippen LogP contribution in [0.3, 0.4) is 0 Å². The maximum atomic E-state index is 5.55. The molecule has 0 bridgehead atoms. The third-order valence-electron chi connectivity index (χ3n) is 2.64. The van der Waals surface area contributed by atoms with E-state index in [-0.39, 0.29) is 0 Å². The number of ether oxygens (including phenoxy) is 4. The van der Waals surface area contributed by atoms with Gasteiger partial charge in [-0.15, -0.1) is 0 Å². The van der Waals surface area contributed by atoms with E-state index >= 15 is 0 Å². The molecule has 0 atom stereocenters. The number of unbranched alkanes of at least 4 members (excludes halogenated alkanes) is 1. The lowest BCUT2D eigenvalue weighted by molar-refractivity contribution is 0.00895. The van der Waals surface area contributed by atoms with E-state index in [0.29, 0.717) is 51.2 Å². The van der Waals surface area contributed by atoms with Crippen molar-refractivity contribution in [3.63, 3.8) is 0 Å². The highest BCUT2D eigenvalue weighted by Gasteiger charge is 1.95. The molecule has 21 heavy (non-hydrogen) atoms. The van der Waals surface area contributed by atoms with Crippen LogP contribution in [-0.2, 0) is 14.2 Å². The van der Waals surface area contributed by atoms with Crippen molar-refractivity contribution in [1.82, 2.24) is 4.98 Å². The second-order valence-corrected chi connectivity index (χ2v) is 4.46. The van der Waals surface area contributed by atoms with Crippen molar-refractivity contribution in [2.45, 2.75) is 19.8 Å². The summed E-state index contributed by atoms with van der Waals surface area (Å²) in [6.07, 6.45) is 3.87. The second kappa shape index (κ2) is 12.4. The Hall–Kier alpha value is -1.37. The van der Waals surface area contributed by atoms with Crippen LogP contribution in [0.15, 0.2) is 18.3 Å². The van der Waals surface area contributed by atoms with Gasteiger partial charge >= 0.3 is 0 Å². The fourth-order valence-corrected chi connectivity index (χ4v) is 1.52. The van der Waals surface area contributed by atoms with E-state index in [9.17, 15) is 0 Å². The van der Waals surface area contributed by atoms with Crippen LogP contribution >= 0.6 is 0 Å². The van der Waals surface area contributed by atoms with Gasteiger partial charge in [-0.25, -0.2) is 4.98 Å². The van der Waals surface area contributed by atoms with Gasteiger partial charge in [0, 0.05) is 18.9 Å². The number of hydrogen-bond donors (Lipinski definition) is 1. The number of nitrogen functional groups attached to an aromatic ring is 1. The van der Waals surface area contributed by atoms with E-state index in [2.05, 4.69) is 11.9 Å². The van der Waals surface area contributed by atoms with Crippen LogP contribution in [0.5, 0.6) is 5.75 Å². The molecule has 1 aromatic heterocycles. The standard InChI is InChI=1S/C15H26N2O4/c1-2-3-6-18-7-8-19-9-10-20-11-12-21-14-4-5-17-15(16)13-14/h4-5,13H,2-3,6-12H2,1H3,(H2,16,17). The molecule has 120 valence electrons. The number of aromatic nitrogens is 1. The molecule has 6 heteroatoms. The average Bonchev–Trinajstić information content (AvgIpc) is 2.48. The summed E-state index contributed by atoms with van der Waals surface area (Å²) in [7, 11) is 0. The number of rotatable bonds is 13. The Morgan fingerprint density at radius 2 is 1.57 bits per heavy atom.